The van der Waals surface area contributed by atoms with Gasteiger partial charge in [0.2, 0.25) is 0 Å². The van der Waals surface area contributed by atoms with Gasteiger partial charge in [-0.25, -0.2) is 13.4 Å². The molecule has 0 atom stereocenters. The van der Waals surface area contributed by atoms with Gasteiger partial charge in [-0.1, -0.05) is 13.0 Å². The number of allylic oxidation sites excluding steroid dienone is 1. The third kappa shape index (κ3) is 2.36. The summed E-state index contributed by atoms with van der Waals surface area (Å²) in [7, 11) is 1.44. The van der Waals surface area contributed by atoms with E-state index < -0.39 is 9.05 Å². The lowest BCUT2D eigenvalue weighted by atomic mass is 10.4. The Balaban J connectivity index is 3.19. The smallest absolute Gasteiger partial charge is 0.280 e. The van der Waals surface area contributed by atoms with Crippen molar-refractivity contribution < 1.29 is 8.42 Å². The van der Waals surface area contributed by atoms with Gasteiger partial charge >= 0.3 is 0 Å². The molecule has 0 aliphatic carbocycles. The highest BCUT2D eigenvalue weighted by Gasteiger charge is 2.16. The van der Waals surface area contributed by atoms with Crippen molar-refractivity contribution >= 4 is 19.7 Å². The third-order valence-corrected chi connectivity index (χ3v) is 2.90. The van der Waals surface area contributed by atoms with Crippen LogP contribution in [-0.2, 0) is 22.0 Å². The van der Waals surface area contributed by atoms with Crippen molar-refractivity contribution in [2.75, 3.05) is 0 Å². The zero-order valence-corrected chi connectivity index (χ0v) is 9.35. The Morgan fingerprint density at radius 1 is 1.71 bits per heavy atom. The molecular weight excluding hydrogens is 224 g/mol. The number of rotatable bonds is 4. The standard InChI is InChI=1S/C8H11ClN2O2S/c1-3-5-11-6-8(14(9,12)13)10-7(11)4-2/h3,6H,1,4-5H2,2H3. The van der Waals surface area contributed by atoms with Crippen LogP contribution in [0.25, 0.3) is 0 Å². The summed E-state index contributed by atoms with van der Waals surface area (Å²) in [5, 5.41) is -0.0992. The molecular formula is C8H11ClN2O2S. The van der Waals surface area contributed by atoms with Crippen LogP contribution in [0.15, 0.2) is 23.9 Å². The van der Waals surface area contributed by atoms with Crippen molar-refractivity contribution in [2.45, 2.75) is 24.9 Å². The Kier molecular flexibility index (Phi) is 3.34. The Morgan fingerprint density at radius 2 is 2.36 bits per heavy atom. The van der Waals surface area contributed by atoms with E-state index in [4.69, 9.17) is 10.7 Å². The first kappa shape index (κ1) is 11.3. The third-order valence-electron chi connectivity index (χ3n) is 1.73. The van der Waals surface area contributed by atoms with E-state index in [9.17, 15) is 8.42 Å². The maximum absolute atomic E-state index is 11.0. The first-order chi connectivity index (χ1) is 6.49. The summed E-state index contributed by atoms with van der Waals surface area (Å²) in [5.74, 6) is 0.684. The molecule has 0 N–H and O–H groups in total. The fourth-order valence-corrected chi connectivity index (χ4v) is 1.82. The van der Waals surface area contributed by atoms with Gasteiger partial charge in [-0.3, -0.25) is 0 Å². The molecule has 78 valence electrons. The number of aryl methyl sites for hydroxylation is 1. The molecule has 1 aromatic rings. The van der Waals surface area contributed by atoms with Crippen LogP contribution >= 0.6 is 10.7 Å². The van der Waals surface area contributed by atoms with Gasteiger partial charge in [-0.05, 0) is 0 Å². The van der Waals surface area contributed by atoms with Crippen molar-refractivity contribution in [3.8, 4) is 0 Å². The molecule has 0 radical (unpaired) electrons. The molecule has 0 saturated carbocycles. The molecule has 1 rings (SSSR count). The number of nitrogens with zero attached hydrogens (tertiary/aromatic N) is 2. The molecule has 0 bridgehead atoms. The van der Waals surface area contributed by atoms with Gasteiger partial charge in [-0.15, -0.1) is 6.58 Å². The topological polar surface area (TPSA) is 52.0 Å². The molecule has 0 fully saturated rings. The van der Waals surface area contributed by atoms with Crippen molar-refractivity contribution in [2.24, 2.45) is 0 Å². The summed E-state index contributed by atoms with van der Waals surface area (Å²) in [6.07, 6.45) is 3.74. The van der Waals surface area contributed by atoms with Gasteiger partial charge in [0.05, 0.1) is 0 Å². The van der Waals surface area contributed by atoms with E-state index >= 15 is 0 Å². The van der Waals surface area contributed by atoms with E-state index in [-0.39, 0.29) is 5.03 Å². The number of halogens is 1. The number of imidazole rings is 1. The van der Waals surface area contributed by atoms with Gasteiger partial charge in [0.15, 0.2) is 5.03 Å². The number of aromatic nitrogens is 2. The lowest BCUT2D eigenvalue weighted by molar-refractivity contribution is 0.606. The molecule has 0 saturated heterocycles. The minimum absolute atomic E-state index is 0.0992. The predicted molar refractivity (Wildman–Crippen MR) is 54.8 cm³/mol. The second-order valence-corrected chi connectivity index (χ2v) is 5.24. The second kappa shape index (κ2) is 4.14. The van der Waals surface area contributed by atoms with Crippen LogP contribution in [0.1, 0.15) is 12.7 Å². The van der Waals surface area contributed by atoms with Crippen LogP contribution < -0.4 is 0 Å². The molecule has 14 heavy (non-hydrogen) atoms. The molecule has 0 amide bonds. The zero-order valence-electron chi connectivity index (χ0n) is 7.77. The summed E-state index contributed by atoms with van der Waals surface area (Å²) in [6, 6.07) is 0. The van der Waals surface area contributed by atoms with E-state index in [1.165, 1.54) is 6.20 Å². The highest BCUT2D eigenvalue weighted by molar-refractivity contribution is 8.13. The van der Waals surface area contributed by atoms with Gasteiger partial charge < -0.3 is 4.57 Å². The minimum atomic E-state index is -3.73. The molecule has 0 aliphatic heterocycles. The van der Waals surface area contributed by atoms with Gasteiger partial charge in [0.25, 0.3) is 9.05 Å². The van der Waals surface area contributed by atoms with E-state index in [0.29, 0.717) is 18.8 Å². The average Bonchev–Trinajstić information content (AvgIpc) is 2.47. The van der Waals surface area contributed by atoms with Crippen LogP contribution in [0.5, 0.6) is 0 Å². The zero-order chi connectivity index (χ0) is 10.8. The van der Waals surface area contributed by atoms with Crippen LogP contribution in [0.3, 0.4) is 0 Å². The number of hydrogen-bond donors (Lipinski definition) is 0. The Morgan fingerprint density at radius 3 is 2.79 bits per heavy atom. The average molecular weight is 235 g/mol. The van der Waals surface area contributed by atoms with Crippen molar-refractivity contribution in [1.82, 2.24) is 9.55 Å². The summed E-state index contributed by atoms with van der Waals surface area (Å²) in [6.45, 7) is 6.00. The summed E-state index contributed by atoms with van der Waals surface area (Å²) in [5.41, 5.74) is 0. The predicted octanol–water partition coefficient (Wildman–Crippen LogP) is 1.56. The molecule has 4 nitrogen and oxygen atoms in total. The lowest BCUT2D eigenvalue weighted by Crippen LogP contribution is -1.98. The fraction of sp³-hybridized carbons (Fsp3) is 0.375. The molecule has 0 unspecified atom stereocenters. The fourth-order valence-electron chi connectivity index (χ4n) is 1.12. The summed E-state index contributed by atoms with van der Waals surface area (Å²) >= 11 is 0. The Hall–Kier alpha value is -0.810. The van der Waals surface area contributed by atoms with E-state index in [2.05, 4.69) is 11.6 Å². The lowest BCUT2D eigenvalue weighted by Gasteiger charge is -1.99. The highest BCUT2D eigenvalue weighted by Crippen LogP contribution is 2.14. The second-order valence-electron chi connectivity index (χ2n) is 2.73. The molecule has 1 heterocycles. The van der Waals surface area contributed by atoms with Gasteiger partial charge in [0, 0.05) is 29.8 Å². The Labute approximate surface area is 87.6 Å². The van der Waals surface area contributed by atoms with Crippen molar-refractivity contribution in [3.63, 3.8) is 0 Å². The van der Waals surface area contributed by atoms with Crippen LogP contribution in [-0.4, -0.2) is 18.0 Å². The minimum Gasteiger partial charge on any atom is -0.330 e. The van der Waals surface area contributed by atoms with E-state index in [1.54, 1.807) is 10.6 Å². The first-order valence-electron chi connectivity index (χ1n) is 4.10. The molecule has 0 spiro atoms. The largest absolute Gasteiger partial charge is 0.330 e. The maximum atomic E-state index is 11.0. The molecule has 0 aliphatic rings. The summed E-state index contributed by atoms with van der Waals surface area (Å²) < 4.78 is 23.7. The first-order valence-corrected chi connectivity index (χ1v) is 6.41. The Bertz CT molecular complexity index is 436. The van der Waals surface area contributed by atoms with Crippen LogP contribution in [0.2, 0.25) is 0 Å². The molecule has 0 aromatic carbocycles. The van der Waals surface area contributed by atoms with Crippen molar-refractivity contribution in [3.05, 3.63) is 24.7 Å². The number of hydrogen-bond acceptors (Lipinski definition) is 3. The monoisotopic (exact) mass is 234 g/mol. The quantitative estimate of drug-likeness (QED) is 0.587. The van der Waals surface area contributed by atoms with E-state index in [0.717, 1.165) is 0 Å². The maximum Gasteiger partial charge on any atom is 0.280 e. The van der Waals surface area contributed by atoms with Gasteiger partial charge in [-0.2, -0.15) is 0 Å². The normalized spacial score (nSPS) is 11.6. The summed E-state index contributed by atoms with van der Waals surface area (Å²) in [4.78, 5) is 3.91. The SMILES string of the molecule is C=CCn1cc(S(=O)(=O)Cl)nc1CC. The molecule has 1 aromatic heterocycles. The highest BCUT2D eigenvalue weighted by atomic mass is 35.7. The van der Waals surface area contributed by atoms with Crippen LogP contribution in [0.4, 0.5) is 0 Å². The van der Waals surface area contributed by atoms with Crippen LogP contribution in [0, 0.1) is 0 Å². The molecule has 6 heteroatoms. The van der Waals surface area contributed by atoms with Gasteiger partial charge in [0.1, 0.15) is 5.82 Å². The van der Waals surface area contributed by atoms with Crippen molar-refractivity contribution in [1.29, 1.82) is 0 Å². The van der Waals surface area contributed by atoms with E-state index in [1.807, 2.05) is 6.92 Å².